The number of pyridine rings is 1. The molecule has 0 fully saturated rings. The molecule has 0 radical (unpaired) electrons. The van der Waals surface area contributed by atoms with Gasteiger partial charge in [-0.3, -0.25) is 9.59 Å². The minimum absolute atomic E-state index is 0.0179. The van der Waals surface area contributed by atoms with Crippen LogP contribution in [-0.2, 0) is 16.6 Å². The third-order valence-corrected chi connectivity index (χ3v) is 3.95. The highest BCUT2D eigenvalue weighted by atomic mass is 32.1. The minimum atomic E-state index is -0.243. The van der Waals surface area contributed by atoms with E-state index in [0.717, 1.165) is 10.7 Å². The molecule has 1 amide bonds. The summed E-state index contributed by atoms with van der Waals surface area (Å²) in [6.07, 6.45) is 3.16. The molecule has 106 valence electrons. The molecular weight excluding hydrogens is 274 g/mol. The second kappa shape index (κ2) is 5.58. The van der Waals surface area contributed by atoms with E-state index in [9.17, 15) is 9.59 Å². The standard InChI is InChI=1S/C14H17N3O2S/c1-14(2,3)13-16-9(8-20-13)6-12(19)17-10-7-15-5-4-11(10)18/h4-5,7-8H,6H2,1-3H3,(H,15,18)(H,17,19). The van der Waals surface area contributed by atoms with Crippen molar-refractivity contribution >= 4 is 22.9 Å². The molecule has 20 heavy (non-hydrogen) atoms. The van der Waals surface area contributed by atoms with E-state index in [1.807, 2.05) is 5.38 Å². The van der Waals surface area contributed by atoms with Crippen LogP contribution in [0.1, 0.15) is 31.5 Å². The van der Waals surface area contributed by atoms with Gasteiger partial charge in [0.05, 0.1) is 17.1 Å². The summed E-state index contributed by atoms with van der Waals surface area (Å²) in [5.74, 6) is -0.243. The SMILES string of the molecule is CC(C)(C)c1nc(CC(=O)Nc2c[nH]ccc2=O)cs1. The van der Waals surface area contributed by atoms with Gasteiger partial charge >= 0.3 is 0 Å². The number of anilines is 1. The Labute approximate surface area is 121 Å². The summed E-state index contributed by atoms with van der Waals surface area (Å²) in [7, 11) is 0. The maximum absolute atomic E-state index is 11.9. The Hall–Kier alpha value is -1.95. The minimum Gasteiger partial charge on any atom is -0.366 e. The van der Waals surface area contributed by atoms with Gasteiger partial charge in [0.2, 0.25) is 11.3 Å². The molecule has 0 aromatic carbocycles. The summed E-state index contributed by atoms with van der Waals surface area (Å²) >= 11 is 1.55. The van der Waals surface area contributed by atoms with Crippen LogP contribution in [0.3, 0.4) is 0 Å². The lowest BCUT2D eigenvalue weighted by Crippen LogP contribution is -2.20. The number of nitrogens with one attached hydrogen (secondary N) is 2. The fraction of sp³-hybridized carbons (Fsp3) is 0.357. The largest absolute Gasteiger partial charge is 0.366 e. The van der Waals surface area contributed by atoms with Crippen LogP contribution in [0.25, 0.3) is 0 Å². The van der Waals surface area contributed by atoms with Crippen LogP contribution < -0.4 is 10.7 Å². The second-order valence-corrected chi connectivity index (χ2v) is 6.40. The van der Waals surface area contributed by atoms with E-state index in [-0.39, 0.29) is 28.9 Å². The predicted molar refractivity (Wildman–Crippen MR) is 80.2 cm³/mol. The first-order valence-corrected chi connectivity index (χ1v) is 7.16. The van der Waals surface area contributed by atoms with Gasteiger partial charge in [0.25, 0.3) is 0 Å². The van der Waals surface area contributed by atoms with Crippen LogP contribution in [0.15, 0.2) is 28.6 Å². The monoisotopic (exact) mass is 291 g/mol. The average molecular weight is 291 g/mol. The van der Waals surface area contributed by atoms with Crippen LogP contribution in [0.5, 0.6) is 0 Å². The van der Waals surface area contributed by atoms with Crippen LogP contribution in [0, 0.1) is 0 Å². The first-order chi connectivity index (χ1) is 9.36. The van der Waals surface area contributed by atoms with Gasteiger partial charge in [-0.05, 0) is 0 Å². The van der Waals surface area contributed by atoms with Crippen molar-refractivity contribution < 1.29 is 4.79 Å². The molecule has 0 atom stereocenters. The zero-order valence-corrected chi connectivity index (χ0v) is 12.5. The van der Waals surface area contributed by atoms with Gasteiger partial charge in [-0.25, -0.2) is 4.98 Å². The Morgan fingerprint density at radius 1 is 1.45 bits per heavy atom. The van der Waals surface area contributed by atoms with Crippen LogP contribution in [-0.4, -0.2) is 15.9 Å². The van der Waals surface area contributed by atoms with Gasteiger partial charge in [0.1, 0.15) is 5.69 Å². The first kappa shape index (κ1) is 14.5. The first-order valence-electron chi connectivity index (χ1n) is 6.28. The highest BCUT2D eigenvalue weighted by Gasteiger charge is 2.18. The van der Waals surface area contributed by atoms with E-state index in [2.05, 4.69) is 36.1 Å². The smallest absolute Gasteiger partial charge is 0.230 e. The van der Waals surface area contributed by atoms with Crippen LogP contribution in [0.4, 0.5) is 5.69 Å². The number of rotatable bonds is 3. The molecule has 2 aromatic rings. The number of hydrogen-bond donors (Lipinski definition) is 2. The third kappa shape index (κ3) is 3.54. The normalized spacial score (nSPS) is 11.3. The number of carbonyl (C=O) groups is 1. The summed E-state index contributed by atoms with van der Waals surface area (Å²) in [5.41, 5.74) is 0.745. The highest BCUT2D eigenvalue weighted by molar-refractivity contribution is 7.09. The van der Waals surface area contributed by atoms with Crippen molar-refractivity contribution in [3.8, 4) is 0 Å². The summed E-state index contributed by atoms with van der Waals surface area (Å²) < 4.78 is 0. The Morgan fingerprint density at radius 3 is 2.80 bits per heavy atom. The molecule has 6 heteroatoms. The lowest BCUT2D eigenvalue weighted by Gasteiger charge is -2.13. The summed E-state index contributed by atoms with van der Waals surface area (Å²) in [6, 6.07) is 1.37. The highest BCUT2D eigenvalue weighted by Crippen LogP contribution is 2.25. The summed E-state index contributed by atoms with van der Waals surface area (Å²) in [5, 5.41) is 5.47. The zero-order valence-electron chi connectivity index (χ0n) is 11.7. The second-order valence-electron chi connectivity index (χ2n) is 5.54. The fourth-order valence-electron chi connectivity index (χ4n) is 1.61. The third-order valence-electron chi connectivity index (χ3n) is 2.63. The van der Waals surface area contributed by atoms with E-state index < -0.39 is 0 Å². The van der Waals surface area contributed by atoms with Crippen LogP contribution in [0.2, 0.25) is 0 Å². The molecule has 2 N–H and O–H groups in total. The van der Waals surface area contributed by atoms with Crippen LogP contribution >= 0.6 is 11.3 Å². The van der Waals surface area contributed by atoms with Gasteiger partial charge < -0.3 is 10.3 Å². The number of nitrogens with zero attached hydrogens (tertiary/aromatic N) is 1. The van der Waals surface area contributed by atoms with Gasteiger partial charge in [-0.1, -0.05) is 20.8 Å². The average Bonchev–Trinajstić information content (AvgIpc) is 2.80. The van der Waals surface area contributed by atoms with Crippen molar-refractivity contribution in [3.63, 3.8) is 0 Å². The predicted octanol–water partition coefficient (Wildman–Crippen LogP) is 2.31. The summed E-state index contributed by atoms with van der Waals surface area (Å²) in [4.78, 5) is 30.6. The number of hydrogen-bond acceptors (Lipinski definition) is 4. The molecule has 5 nitrogen and oxygen atoms in total. The molecule has 0 aliphatic rings. The molecule has 2 aromatic heterocycles. The number of thiazole rings is 1. The zero-order chi connectivity index (χ0) is 14.8. The van der Waals surface area contributed by atoms with Crippen molar-refractivity contribution in [2.45, 2.75) is 32.6 Å². The lowest BCUT2D eigenvalue weighted by atomic mass is 9.98. The number of H-pyrrole nitrogens is 1. The molecule has 0 spiro atoms. The molecule has 0 saturated heterocycles. The Morgan fingerprint density at radius 2 is 2.20 bits per heavy atom. The van der Waals surface area contributed by atoms with Gasteiger partial charge in [-0.15, -0.1) is 11.3 Å². The van der Waals surface area contributed by atoms with E-state index in [4.69, 9.17) is 0 Å². The molecule has 0 bridgehead atoms. The molecule has 2 heterocycles. The topological polar surface area (TPSA) is 74.8 Å². The molecule has 0 saturated carbocycles. The Balaban J connectivity index is 2.04. The van der Waals surface area contributed by atoms with Gasteiger partial charge in [-0.2, -0.15) is 0 Å². The van der Waals surface area contributed by atoms with E-state index in [0.29, 0.717) is 0 Å². The number of aromatic amines is 1. The van der Waals surface area contributed by atoms with Crippen molar-refractivity contribution in [1.82, 2.24) is 9.97 Å². The molecule has 0 unspecified atom stereocenters. The molecule has 0 aliphatic heterocycles. The number of aromatic nitrogens is 2. The molecular formula is C14H17N3O2S. The van der Waals surface area contributed by atoms with Gasteiger partial charge in [0, 0.05) is 29.3 Å². The Kier molecular flexibility index (Phi) is 4.04. The number of amides is 1. The van der Waals surface area contributed by atoms with E-state index in [1.54, 1.807) is 11.3 Å². The van der Waals surface area contributed by atoms with Crippen molar-refractivity contribution in [1.29, 1.82) is 0 Å². The van der Waals surface area contributed by atoms with Crippen molar-refractivity contribution in [3.05, 3.63) is 44.8 Å². The van der Waals surface area contributed by atoms with Gasteiger partial charge in [0.15, 0.2) is 0 Å². The van der Waals surface area contributed by atoms with Crippen molar-refractivity contribution in [2.24, 2.45) is 0 Å². The maximum Gasteiger partial charge on any atom is 0.230 e. The van der Waals surface area contributed by atoms with E-state index >= 15 is 0 Å². The number of carbonyl (C=O) groups excluding carboxylic acids is 1. The quantitative estimate of drug-likeness (QED) is 0.911. The summed E-state index contributed by atoms with van der Waals surface area (Å²) in [6.45, 7) is 6.25. The van der Waals surface area contributed by atoms with E-state index in [1.165, 1.54) is 18.5 Å². The molecule has 2 rings (SSSR count). The lowest BCUT2D eigenvalue weighted by molar-refractivity contribution is -0.115. The maximum atomic E-state index is 11.9. The molecule has 0 aliphatic carbocycles. The Bertz CT molecular complexity index is 667. The fourth-order valence-corrected chi connectivity index (χ4v) is 2.51. The van der Waals surface area contributed by atoms with Crippen molar-refractivity contribution in [2.75, 3.05) is 5.32 Å².